The molecule has 0 saturated carbocycles. The van der Waals surface area contributed by atoms with Crippen LogP contribution >= 0.6 is 0 Å². The molecule has 0 aromatic heterocycles. The summed E-state index contributed by atoms with van der Waals surface area (Å²) in [5.74, 6) is 0.481. The van der Waals surface area contributed by atoms with E-state index >= 15 is 0 Å². The van der Waals surface area contributed by atoms with Crippen LogP contribution in [0.3, 0.4) is 0 Å². The van der Waals surface area contributed by atoms with E-state index in [1.165, 1.54) is 44.1 Å². The Balaban J connectivity index is 2.21. The molecule has 0 radical (unpaired) electrons. The van der Waals surface area contributed by atoms with Crippen LogP contribution in [0.5, 0.6) is 5.75 Å². The lowest BCUT2D eigenvalue weighted by Gasteiger charge is -2.10. The first kappa shape index (κ1) is 9.57. The van der Waals surface area contributed by atoms with Crippen LogP contribution in [0, 0.1) is 0 Å². The molecule has 1 heteroatoms. The van der Waals surface area contributed by atoms with Gasteiger partial charge in [-0.1, -0.05) is 31.4 Å². The summed E-state index contributed by atoms with van der Waals surface area (Å²) in [6, 6.07) is 6.09. The molecule has 2 bridgehead atoms. The van der Waals surface area contributed by atoms with E-state index in [1.54, 1.807) is 0 Å². The van der Waals surface area contributed by atoms with Crippen molar-refractivity contribution >= 4 is 0 Å². The van der Waals surface area contributed by atoms with Crippen LogP contribution in [0.2, 0.25) is 0 Å². The number of fused-ring (bicyclic) bond motifs is 2. The SMILES string of the molecule is Oc1ccc2cc1CCCCCCC2. The van der Waals surface area contributed by atoms with Gasteiger partial charge < -0.3 is 5.11 Å². The van der Waals surface area contributed by atoms with Crippen molar-refractivity contribution in [2.24, 2.45) is 0 Å². The van der Waals surface area contributed by atoms with Crippen LogP contribution in [-0.4, -0.2) is 5.11 Å². The molecule has 1 aliphatic carbocycles. The molecule has 0 heterocycles. The van der Waals surface area contributed by atoms with Crippen molar-refractivity contribution in [1.29, 1.82) is 0 Å². The summed E-state index contributed by atoms with van der Waals surface area (Å²) in [5.41, 5.74) is 2.53. The standard InChI is InChI=1S/C13H18O/c14-13-9-8-11-6-4-2-1-3-5-7-12(13)10-11/h8-10,14H,1-7H2. The molecule has 76 valence electrons. The molecule has 1 aromatic rings. The Hall–Kier alpha value is -0.980. The van der Waals surface area contributed by atoms with E-state index in [0.717, 1.165) is 12.0 Å². The quantitative estimate of drug-likeness (QED) is 0.664. The van der Waals surface area contributed by atoms with E-state index in [-0.39, 0.29) is 0 Å². The summed E-state index contributed by atoms with van der Waals surface area (Å²) >= 11 is 0. The number of aryl methyl sites for hydroxylation is 2. The normalized spacial score (nSPS) is 17.7. The monoisotopic (exact) mass is 190 g/mol. The summed E-state index contributed by atoms with van der Waals surface area (Å²) in [6.07, 6.45) is 8.75. The fraction of sp³-hybridized carbons (Fsp3) is 0.538. The van der Waals surface area contributed by atoms with Crippen molar-refractivity contribution < 1.29 is 5.11 Å². The summed E-state index contributed by atoms with van der Waals surface area (Å²) in [6.45, 7) is 0. The first-order chi connectivity index (χ1) is 6.86. The molecule has 0 unspecified atom stereocenters. The van der Waals surface area contributed by atoms with Gasteiger partial charge in [0.2, 0.25) is 0 Å². The molecule has 0 spiro atoms. The fourth-order valence-corrected chi connectivity index (χ4v) is 2.17. The number of hydrogen-bond donors (Lipinski definition) is 1. The van der Waals surface area contributed by atoms with Gasteiger partial charge in [-0.05, 0) is 42.9 Å². The van der Waals surface area contributed by atoms with Gasteiger partial charge in [0.05, 0.1) is 0 Å². The molecule has 0 amide bonds. The second-order valence-corrected chi connectivity index (χ2v) is 4.23. The molecule has 0 saturated heterocycles. The van der Waals surface area contributed by atoms with Crippen LogP contribution in [-0.2, 0) is 12.8 Å². The minimum Gasteiger partial charge on any atom is -0.508 e. The van der Waals surface area contributed by atoms with E-state index < -0.39 is 0 Å². The van der Waals surface area contributed by atoms with Crippen molar-refractivity contribution in [3.05, 3.63) is 29.3 Å². The Bertz CT molecular complexity index is 304. The minimum atomic E-state index is 0.481. The van der Waals surface area contributed by atoms with E-state index in [2.05, 4.69) is 12.1 Å². The van der Waals surface area contributed by atoms with Crippen LogP contribution in [0.25, 0.3) is 0 Å². The zero-order valence-electron chi connectivity index (χ0n) is 8.63. The van der Waals surface area contributed by atoms with Gasteiger partial charge in [0.1, 0.15) is 5.75 Å². The molecule has 1 aliphatic rings. The topological polar surface area (TPSA) is 20.2 Å². The number of hydrogen-bond acceptors (Lipinski definition) is 1. The maximum atomic E-state index is 9.65. The predicted octanol–water partition coefficient (Wildman–Crippen LogP) is 3.44. The lowest BCUT2D eigenvalue weighted by atomic mass is 9.97. The second kappa shape index (κ2) is 4.50. The van der Waals surface area contributed by atoms with Gasteiger partial charge in [-0.3, -0.25) is 0 Å². The summed E-state index contributed by atoms with van der Waals surface area (Å²) in [5, 5.41) is 9.65. The van der Waals surface area contributed by atoms with Crippen molar-refractivity contribution in [1.82, 2.24) is 0 Å². The Labute approximate surface area is 85.8 Å². The second-order valence-electron chi connectivity index (χ2n) is 4.23. The third-order valence-corrected chi connectivity index (χ3v) is 3.06. The average molecular weight is 190 g/mol. The van der Waals surface area contributed by atoms with Crippen molar-refractivity contribution in [2.75, 3.05) is 0 Å². The van der Waals surface area contributed by atoms with Crippen molar-refractivity contribution in [2.45, 2.75) is 44.9 Å². The van der Waals surface area contributed by atoms with Gasteiger partial charge in [-0.25, -0.2) is 0 Å². The molecule has 1 nitrogen and oxygen atoms in total. The predicted molar refractivity (Wildman–Crippen MR) is 58.6 cm³/mol. The Morgan fingerprint density at radius 3 is 2.43 bits per heavy atom. The van der Waals surface area contributed by atoms with Gasteiger partial charge in [0, 0.05) is 0 Å². The lowest BCUT2D eigenvalue weighted by Crippen LogP contribution is -1.94. The number of benzene rings is 1. The first-order valence-corrected chi connectivity index (χ1v) is 5.67. The fourth-order valence-electron chi connectivity index (χ4n) is 2.17. The lowest BCUT2D eigenvalue weighted by molar-refractivity contribution is 0.465. The highest BCUT2D eigenvalue weighted by Gasteiger charge is 2.05. The molecular weight excluding hydrogens is 172 g/mol. The minimum absolute atomic E-state index is 0.481. The zero-order valence-corrected chi connectivity index (χ0v) is 8.63. The number of aromatic hydroxyl groups is 1. The Kier molecular flexibility index (Phi) is 3.07. The van der Waals surface area contributed by atoms with Crippen molar-refractivity contribution in [3.8, 4) is 5.75 Å². The summed E-state index contributed by atoms with van der Waals surface area (Å²) < 4.78 is 0. The molecule has 1 aromatic carbocycles. The van der Waals surface area contributed by atoms with E-state index in [1.807, 2.05) is 6.07 Å². The zero-order chi connectivity index (χ0) is 9.80. The average Bonchev–Trinajstić information content (AvgIpc) is 2.21. The van der Waals surface area contributed by atoms with Gasteiger partial charge in [0.25, 0.3) is 0 Å². The smallest absolute Gasteiger partial charge is 0.118 e. The third kappa shape index (κ3) is 2.28. The highest BCUT2D eigenvalue weighted by molar-refractivity contribution is 5.36. The largest absolute Gasteiger partial charge is 0.508 e. The highest BCUT2D eigenvalue weighted by Crippen LogP contribution is 2.23. The van der Waals surface area contributed by atoms with E-state index in [4.69, 9.17) is 0 Å². The maximum Gasteiger partial charge on any atom is 0.118 e. The van der Waals surface area contributed by atoms with Crippen LogP contribution < -0.4 is 0 Å². The highest BCUT2D eigenvalue weighted by atomic mass is 16.3. The van der Waals surface area contributed by atoms with Gasteiger partial charge in [-0.15, -0.1) is 0 Å². The van der Waals surface area contributed by atoms with Gasteiger partial charge in [-0.2, -0.15) is 0 Å². The van der Waals surface area contributed by atoms with E-state index in [0.29, 0.717) is 5.75 Å². The maximum absolute atomic E-state index is 9.65. The molecule has 2 rings (SSSR count). The molecule has 0 aliphatic heterocycles. The number of phenols is 1. The van der Waals surface area contributed by atoms with Crippen LogP contribution in [0.1, 0.15) is 43.2 Å². The Morgan fingerprint density at radius 2 is 1.57 bits per heavy atom. The van der Waals surface area contributed by atoms with Crippen molar-refractivity contribution in [3.63, 3.8) is 0 Å². The third-order valence-electron chi connectivity index (χ3n) is 3.06. The molecular formula is C13H18O. The summed E-state index contributed by atoms with van der Waals surface area (Å²) in [4.78, 5) is 0. The molecule has 0 fully saturated rings. The number of rotatable bonds is 0. The van der Waals surface area contributed by atoms with Gasteiger partial charge in [0.15, 0.2) is 0 Å². The van der Waals surface area contributed by atoms with Crippen LogP contribution in [0.15, 0.2) is 18.2 Å². The first-order valence-electron chi connectivity index (χ1n) is 5.67. The van der Waals surface area contributed by atoms with E-state index in [9.17, 15) is 5.11 Å². The van der Waals surface area contributed by atoms with Gasteiger partial charge >= 0.3 is 0 Å². The van der Waals surface area contributed by atoms with Crippen LogP contribution in [0.4, 0.5) is 0 Å². The molecule has 0 atom stereocenters. The summed E-state index contributed by atoms with van der Waals surface area (Å²) in [7, 11) is 0. The molecule has 1 N–H and O–H groups in total. The molecule has 14 heavy (non-hydrogen) atoms. The number of phenolic OH excluding ortho intramolecular Hbond substituents is 1. The Morgan fingerprint density at radius 1 is 0.857 bits per heavy atom.